The molecule has 5 heteroatoms. The molecular weight excluding hydrogens is 300 g/mol. The molecule has 0 aliphatic heterocycles. The van der Waals surface area contributed by atoms with Crippen LogP contribution in [0, 0.1) is 5.82 Å². The van der Waals surface area contributed by atoms with Gasteiger partial charge in [0.2, 0.25) is 0 Å². The lowest BCUT2D eigenvalue weighted by Crippen LogP contribution is -2.20. The lowest BCUT2D eigenvalue weighted by Gasteiger charge is -2.17. The summed E-state index contributed by atoms with van der Waals surface area (Å²) in [6, 6.07) is 12.1. The Labute approximate surface area is 127 Å². The fraction of sp³-hybridized carbons (Fsp3) is 0.200. The van der Waals surface area contributed by atoms with Crippen molar-refractivity contribution in [3.63, 3.8) is 0 Å². The molecule has 0 amide bonds. The summed E-state index contributed by atoms with van der Waals surface area (Å²) in [4.78, 5) is 5.40. The van der Waals surface area contributed by atoms with Crippen molar-refractivity contribution in [2.24, 2.45) is 0 Å². The highest BCUT2D eigenvalue weighted by Gasteiger charge is 2.17. The van der Waals surface area contributed by atoms with E-state index in [-0.39, 0.29) is 11.1 Å². The van der Waals surface area contributed by atoms with Gasteiger partial charge in [-0.1, -0.05) is 53.5 Å². The molecular formula is C15H14Cl2FNO. The van der Waals surface area contributed by atoms with Gasteiger partial charge in [0.1, 0.15) is 5.82 Å². The summed E-state index contributed by atoms with van der Waals surface area (Å²) in [5, 5.41) is 0.417. The van der Waals surface area contributed by atoms with Gasteiger partial charge in [0, 0.05) is 10.6 Å². The van der Waals surface area contributed by atoms with E-state index in [4.69, 9.17) is 28.0 Å². The third kappa shape index (κ3) is 3.70. The van der Waals surface area contributed by atoms with E-state index in [1.165, 1.54) is 12.1 Å². The van der Waals surface area contributed by atoms with E-state index >= 15 is 0 Å². The van der Waals surface area contributed by atoms with Crippen molar-refractivity contribution in [1.29, 1.82) is 0 Å². The molecule has 0 heterocycles. The molecule has 2 aromatic carbocycles. The molecule has 0 radical (unpaired) electrons. The van der Waals surface area contributed by atoms with Crippen LogP contribution in [-0.2, 0) is 11.4 Å². The summed E-state index contributed by atoms with van der Waals surface area (Å²) >= 11 is 12.0. The SMILES string of the molecule is CC(NOCc1ccccc1)c1c(Cl)ccc(F)c1Cl. The molecule has 0 bridgehead atoms. The molecule has 0 fully saturated rings. The van der Waals surface area contributed by atoms with Crippen LogP contribution < -0.4 is 5.48 Å². The molecule has 1 N–H and O–H groups in total. The van der Waals surface area contributed by atoms with Crippen LogP contribution in [0.4, 0.5) is 4.39 Å². The van der Waals surface area contributed by atoms with E-state index in [1.54, 1.807) is 6.92 Å². The Morgan fingerprint density at radius 2 is 1.85 bits per heavy atom. The number of rotatable bonds is 5. The lowest BCUT2D eigenvalue weighted by molar-refractivity contribution is 0.00697. The van der Waals surface area contributed by atoms with Gasteiger partial charge in [0.15, 0.2) is 0 Å². The topological polar surface area (TPSA) is 21.3 Å². The first-order valence-corrected chi connectivity index (χ1v) is 6.90. The molecule has 2 rings (SSSR count). The minimum atomic E-state index is -0.497. The van der Waals surface area contributed by atoms with Crippen LogP contribution in [0.5, 0.6) is 0 Å². The molecule has 1 atom stereocenters. The number of hydrogen-bond donors (Lipinski definition) is 1. The number of halogens is 3. The van der Waals surface area contributed by atoms with Crippen molar-refractivity contribution in [2.75, 3.05) is 0 Å². The monoisotopic (exact) mass is 313 g/mol. The summed E-state index contributed by atoms with van der Waals surface area (Å²) in [6.07, 6.45) is 0. The molecule has 0 saturated carbocycles. The molecule has 106 valence electrons. The second kappa shape index (κ2) is 7.04. The molecule has 0 aromatic heterocycles. The third-order valence-electron chi connectivity index (χ3n) is 2.85. The predicted octanol–water partition coefficient (Wildman–Crippen LogP) is 4.91. The first kappa shape index (κ1) is 15.3. The highest BCUT2D eigenvalue weighted by atomic mass is 35.5. The first-order chi connectivity index (χ1) is 9.59. The van der Waals surface area contributed by atoms with Crippen molar-refractivity contribution in [2.45, 2.75) is 19.6 Å². The molecule has 20 heavy (non-hydrogen) atoms. The highest BCUT2D eigenvalue weighted by molar-refractivity contribution is 6.36. The Hall–Kier alpha value is -1.13. The van der Waals surface area contributed by atoms with Gasteiger partial charge >= 0.3 is 0 Å². The highest BCUT2D eigenvalue weighted by Crippen LogP contribution is 2.32. The third-order valence-corrected chi connectivity index (χ3v) is 3.57. The molecule has 2 nitrogen and oxygen atoms in total. The average molecular weight is 314 g/mol. The lowest BCUT2D eigenvalue weighted by atomic mass is 10.1. The normalized spacial score (nSPS) is 12.4. The maximum atomic E-state index is 13.4. The molecule has 2 aromatic rings. The zero-order valence-corrected chi connectivity index (χ0v) is 12.4. The molecule has 0 spiro atoms. The van der Waals surface area contributed by atoms with Crippen LogP contribution in [0.3, 0.4) is 0 Å². The Morgan fingerprint density at radius 3 is 2.55 bits per heavy atom. The van der Waals surface area contributed by atoms with E-state index in [0.717, 1.165) is 5.56 Å². The van der Waals surface area contributed by atoms with E-state index in [1.807, 2.05) is 30.3 Å². The Morgan fingerprint density at radius 1 is 1.15 bits per heavy atom. The Kier molecular flexibility index (Phi) is 5.38. The van der Waals surface area contributed by atoms with Crippen LogP contribution in [0.15, 0.2) is 42.5 Å². The molecule has 1 unspecified atom stereocenters. The maximum absolute atomic E-state index is 13.4. The van der Waals surface area contributed by atoms with Crippen LogP contribution in [0.2, 0.25) is 10.0 Å². The zero-order valence-electron chi connectivity index (χ0n) is 10.9. The quantitative estimate of drug-likeness (QED) is 0.625. The van der Waals surface area contributed by atoms with E-state index in [9.17, 15) is 4.39 Å². The number of nitrogens with one attached hydrogen (secondary N) is 1. The maximum Gasteiger partial charge on any atom is 0.142 e. The van der Waals surface area contributed by atoms with Crippen LogP contribution >= 0.6 is 23.2 Å². The van der Waals surface area contributed by atoms with Crippen molar-refractivity contribution < 1.29 is 9.23 Å². The average Bonchev–Trinajstić information content (AvgIpc) is 2.44. The number of benzene rings is 2. The summed E-state index contributed by atoms with van der Waals surface area (Å²) in [6.45, 7) is 2.20. The largest absolute Gasteiger partial charge is 0.296 e. The minimum absolute atomic E-state index is 0.0146. The second-order valence-corrected chi connectivity index (χ2v) is 5.16. The van der Waals surface area contributed by atoms with Gasteiger partial charge in [-0.2, -0.15) is 5.48 Å². The fourth-order valence-electron chi connectivity index (χ4n) is 1.82. The molecule has 0 saturated heterocycles. The summed E-state index contributed by atoms with van der Waals surface area (Å²) in [5.74, 6) is -0.497. The van der Waals surface area contributed by atoms with E-state index in [0.29, 0.717) is 17.2 Å². The number of hydroxylamine groups is 1. The smallest absolute Gasteiger partial charge is 0.142 e. The Balaban J connectivity index is 1.99. The van der Waals surface area contributed by atoms with Gasteiger partial charge in [-0.3, -0.25) is 4.84 Å². The van der Waals surface area contributed by atoms with Gasteiger partial charge < -0.3 is 0 Å². The number of hydrogen-bond acceptors (Lipinski definition) is 2. The van der Waals surface area contributed by atoms with Crippen molar-refractivity contribution >= 4 is 23.2 Å². The van der Waals surface area contributed by atoms with Crippen molar-refractivity contribution in [3.8, 4) is 0 Å². The predicted molar refractivity (Wildman–Crippen MR) is 79.2 cm³/mol. The summed E-state index contributed by atoms with van der Waals surface area (Å²) in [7, 11) is 0. The van der Waals surface area contributed by atoms with E-state index in [2.05, 4.69) is 5.48 Å². The molecule has 0 aliphatic rings. The standard InChI is InChI=1S/C15H14Cl2FNO/c1-10(14-12(16)7-8-13(18)15(14)17)19-20-9-11-5-3-2-4-6-11/h2-8,10,19H,9H2,1H3. The second-order valence-electron chi connectivity index (χ2n) is 4.37. The van der Waals surface area contributed by atoms with E-state index < -0.39 is 5.82 Å². The minimum Gasteiger partial charge on any atom is -0.296 e. The summed E-state index contributed by atoms with van der Waals surface area (Å²) < 4.78 is 13.4. The van der Waals surface area contributed by atoms with Gasteiger partial charge in [-0.25, -0.2) is 4.39 Å². The summed E-state index contributed by atoms with van der Waals surface area (Å²) in [5.41, 5.74) is 4.34. The fourth-order valence-corrected chi connectivity index (χ4v) is 2.52. The molecule has 0 aliphatic carbocycles. The zero-order chi connectivity index (χ0) is 14.5. The van der Waals surface area contributed by atoms with Crippen LogP contribution in [-0.4, -0.2) is 0 Å². The van der Waals surface area contributed by atoms with Gasteiger partial charge in [0.25, 0.3) is 0 Å². The van der Waals surface area contributed by atoms with Crippen LogP contribution in [0.1, 0.15) is 24.1 Å². The van der Waals surface area contributed by atoms with Gasteiger partial charge in [0.05, 0.1) is 17.7 Å². The van der Waals surface area contributed by atoms with Crippen LogP contribution in [0.25, 0.3) is 0 Å². The van der Waals surface area contributed by atoms with Gasteiger partial charge in [-0.05, 0) is 24.6 Å². The van der Waals surface area contributed by atoms with Gasteiger partial charge in [-0.15, -0.1) is 0 Å². The Bertz CT molecular complexity index is 578. The van der Waals surface area contributed by atoms with Crippen molar-refractivity contribution in [3.05, 3.63) is 69.5 Å². The first-order valence-electron chi connectivity index (χ1n) is 6.14. The van der Waals surface area contributed by atoms with Crippen molar-refractivity contribution in [1.82, 2.24) is 5.48 Å².